The standard InChI is InChI=1S/C16H20N4O/c1-3-12-14(17)15(19-18-12)16(21)20-8-4-5-11-9-10(2)6-7-13(11)20/h6-7,9H,3-5,8,17H2,1-2H3,(H,18,19). The molecule has 3 rings (SSSR count). The van der Waals surface area contributed by atoms with Crippen molar-refractivity contribution >= 4 is 17.3 Å². The van der Waals surface area contributed by atoms with E-state index < -0.39 is 0 Å². The number of nitrogen functional groups attached to an aromatic ring is 1. The average molecular weight is 284 g/mol. The summed E-state index contributed by atoms with van der Waals surface area (Å²) in [4.78, 5) is 14.6. The number of anilines is 2. The number of nitrogens with one attached hydrogen (secondary N) is 1. The van der Waals surface area contributed by atoms with Gasteiger partial charge < -0.3 is 10.6 Å². The lowest BCUT2D eigenvalue weighted by molar-refractivity contribution is 0.0981. The fourth-order valence-electron chi connectivity index (χ4n) is 2.88. The number of aromatic nitrogens is 2. The summed E-state index contributed by atoms with van der Waals surface area (Å²) < 4.78 is 0. The number of fused-ring (bicyclic) bond motifs is 1. The van der Waals surface area contributed by atoms with Gasteiger partial charge in [-0.25, -0.2) is 0 Å². The number of rotatable bonds is 2. The molecule has 2 heterocycles. The van der Waals surface area contributed by atoms with Crippen molar-refractivity contribution in [2.24, 2.45) is 0 Å². The van der Waals surface area contributed by atoms with Crippen molar-refractivity contribution in [1.29, 1.82) is 0 Å². The lowest BCUT2D eigenvalue weighted by atomic mass is 9.99. The molecule has 3 N–H and O–H groups in total. The van der Waals surface area contributed by atoms with Crippen LogP contribution in [0.2, 0.25) is 0 Å². The van der Waals surface area contributed by atoms with E-state index in [0.717, 1.165) is 30.6 Å². The molecular formula is C16H20N4O. The fraction of sp³-hybridized carbons (Fsp3) is 0.375. The summed E-state index contributed by atoms with van der Waals surface area (Å²) in [5, 5.41) is 6.97. The van der Waals surface area contributed by atoms with Gasteiger partial charge in [0, 0.05) is 12.2 Å². The Kier molecular flexibility index (Phi) is 3.41. The molecule has 1 amide bonds. The number of amides is 1. The van der Waals surface area contributed by atoms with E-state index in [0.29, 0.717) is 17.9 Å². The molecule has 110 valence electrons. The van der Waals surface area contributed by atoms with Gasteiger partial charge in [-0.2, -0.15) is 5.10 Å². The van der Waals surface area contributed by atoms with Gasteiger partial charge in [0.2, 0.25) is 0 Å². The molecule has 0 spiro atoms. The molecule has 2 aromatic rings. The minimum Gasteiger partial charge on any atom is -0.395 e. The molecule has 1 aliphatic heterocycles. The average Bonchev–Trinajstić information content (AvgIpc) is 2.86. The van der Waals surface area contributed by atoms with Crippen LogP contribution in [0.25, 0.3) is 0 Å². The van der Waals surface area contributed by atoms with Gasteiger partial charge in [-0.15, -0.1) is 0 Å². The van der Waals surface area contributed by atoms with E-state index in [9.17, 15) is 4.79 Å². The van der Waals surface area contributed by atoms with Crippen molar-refractivity contribution < 1.29 is 4.79 Å². The van der Waals surface area contributed by atoms with Crippen LogP contribution in [0.3, 0.4) is 0 Å². The molecule has 21 heavy (non-hydrogen) atoms. The number of aromatic amines is 1. The van der Waals surface area contributed by atoms with Crippen LogP contribution in [0.15, 0.2) is 18.2 Å². The second-order valence-electron chi connectivity index (χ2n) is 5.51. The van der Waals surface area contributed by atoms with E-state index >= 15 is 0 Å². The zero-order valence-electron chi connectivity index (χ0n) is 12.4. The highest BCUT2D eigenvalue weighted by atomic mass is 16.2. The Labute approximate surface area is 124 Å². The van der Waals surface area contributed by atoms with Crippen molar-refractivity contribution in [3.63, 3.8) is 0 Å². The number of H-pyrrole nitrogens is 1. The van der Waals surface area contributed by atoms with Gasteiger partial charge in [0.05, 0.1) is 11.4 Å². The van der Waals surface area contributed by atoms with E-state index in [-0.39, 0.29) is 5.91 Å². The monoisotopic (exact) mass is 284 g/mol. The van der Waals surface area contributed by atoms with Gasteiger partial charge in [0.1, 0.15) is 0 Å². The summed E-state index contributed by atoms with van der Waals surface area (Å²) in [7, 11) is 0. The molecule has 0 fully saturated rings. The smallest absolute Gasteiger partial charge is 0.280 e. The number of hydrogen-bond acceptors (Lipinski definition) is 3. The first-order valence-electron chi connectivity index (χ1n) is 7.36. The summed E-state index contributed by atoms with van der Waals surface area (Å²) in [6.45, 7) is 4.76. The van der Waals surface area contributed by atoms with Crippen LogP contribution in [-0.2, 0) is 12.8 Å². The van der Waals surface area contributed by atoms with Crippen molar-refractivity contribution in [2.75, 3.05) is 17.2 Å². The summed E-state index contributed by atoms with van der Waals surface area (Å²) in [5.74, 6) is -0.117. The Morgan fingerprint density at radius 2 is 2.29 bits per heavy atom. The predicted octanol–water partition coefficient (Wildman–Crippen LogP) is 2.46. The van der Waals surface area contributed by atoms with E-state index in [1.807, 2.05) is 19.1 Å². The van der Waals surface area contributed by atoms with E-state index in [1.54, 1.807) is 4.90 Å². The molecule has 0 radical (unpaired) electrons. The topological polar surface area (TPSA) is 75.0 Å². The SMILES string of the molecule is CCc1[nH]nc(C(=O)N2CCCc3cc(C)ccc32)c1N. The third-order valence-electron chi connectivity index (χ3n) is 4.04. The van der Waals surface area contributed by atoms with Crippen LogP contribution in [0.1, 0.15) is 40.7 Å². The number of hydrogen-bond donors (Lipinski definition) is 2. The molecule has 0 atom stereocenters. The third kappa shape index (κ3) is 2.28. The fourth-order valence-corrected chi connectivity index (χ4v) is 2.88. The van der Waals surface area contributed by atoms with Gasteiger partial charge in [-0.3, -0.25) is 9.89 Å². The number of aryl methyl sites for hydroxylation is 3. The van der Waals surface area contributed by atoms with Crippen LogP contribution < -0.4 is 10.6 Å². The summed E-state index contributed by atoms with van der Waals surface area (Å²) in [5.41, 5.74) is 11.1. The number of benzene rings is 1. The summed E-state index contributed by atoms with van der Waals surface area (Å²) in [6.07, 6.45) is 2.71. The van der Waals surface area contributed by atoms with Gasteiger partial charge in [0.15, 0.2) is 5.69 Å². The Morgan fingerprint density at radius 3 is 3.00 bits per heavy atom. The maximum atomic E-state index is 12.8. The molecule has 0 saturated carbocycles. The van der Waals surface area contributed by atoms with Crippen molar-refractivity contribution in [2.45, 2.75) is 33.1 Å². The van der Waals surface area contributed by atoms with Gasteiger partial charge in [0.25, 0.3) is 5.91 Å². The van der Waals surface area contributed by atoms with E-state index in [4.69, 9.17) is 5.73 Å². The molecule has 1 aliphatic rings. The zero-order valence-corrected chi connectivity index (χ0v) is 12.4. The molecule has 1 aromatic heterocycles. The molecule has 1 aromatic carbocycles. The maximum absolute atomic E-state index is 12.8. The first-order chi connectivity index (χ1) is 10.1. The number of carbonyl (C=O) groups excluding carboxylic acids is 1. The van der Waals surface area contributed by atoms with Crippen molar-refractivity contribution in [1.82, 2.24) is 10.2 Å². The maximum Gasteiger partial charge on any atom is 0.280 e. The van der Waals surface area contributed by atoms with E-state index in [1.165, 1.54) is 11.1 Å². The molecule has 5 nitrogen and oxygen atoms in total. The quantitative estimate of drug-likeness (QED) is 0.889. The van der Waals surface area contributed by atoms with Crippen LogP contribution >= 0.6 is 0 Å². The second-order valence-corrected chi connectivity index (χ2v) is 5.51. The number of carbonyl (C=O) groups is 1. The van der Waals surface area contributed by atoms with Gasteiger partial charge in [-0.1, -0.05) is 24.6 Å². The van der Waals surface area contributed by atoms with Gasteiger partial charge >= 0.3 is 0 Å². The van der Waals surface area contributed by atoms with Gasteiger partial charge in [-0.05, 0) is 37.8 Å². The Bertz CT molecular complexity index is 690. The summed E-state index contributed by atoms with van der Waals surface area (Å²) >= 11 is 0. The zero-order chi connectivity index (χ0) is 15.0. The highest BCUT2D eigenvalue weighted by Gasteiger charge is 2.27. The molecule has 5 heteroatoms. The van der Waals surface area contributed by atoms with Crippen LogP contribution in [0, 0.1) is 6.92 Å². The molecule has 0 bridgehead atoms. The molecular weight excluding hydrogens is 264 g/mol. The van der Waals surface area contributed by atoms with Crippen LogP contribution in [0.5, 0.6) is 0 Å². The van der Waals surface area contributed by atoms with E-state index in [2.05, 4.69) is 23.2 Å². The summed E-state index contributed by atoms with van der Waals surface area (Å²) in [6, 6.07) is 6.21. The molecule has 0 aliphatic carbocycles. The minimum absolute atomic E-state index is 0.117. The predicted molar refractivity (Wildman–Crippen MR) is 83.6 cm³/mol. The van der Waals surface area contributed by atoms with Crippen molar-refractivity contribution in [3.05, 3.63) is 40.7 Å². The molecule has 0 saturated heterocycles. The highest BCUT2D eigenvalue weighted by Crippen LogP contribution is 2.30. The first-order valence-corrected chi connectivity index (χ1v) is 7.36. The number of nitrogens with two attached hydrogens (primary N) is 1. The Balaban J connectivity index is 1.98. The second kappa shape index (κ2) is 5.24. The highest BCUT2D eigenvalue weighted by molar-refractivity contribution is 6.08. The van der Waals surface area contributed by atoms with Crippen molar-refractivity contribution in [3.8, 4) is 0 Å². The lowest BCUT2D eigenvalue weighted by Gasteiger charge is -2.29. The molecule has 0 unspecified atom stereocenters. The minimum atomic E-state index is -0.117. The third-order valence-corrected chi connectivity index (χ3v) is 4.04. The van der Waals surface area contributed by atoms with Crippen LogP contribution in [0.4, 0.5) is 11.4 Å². The Hall–Kier alpha value is -2.30. The van der Waals surface area contributed by atoms with Crippen LogP contribution in [-0.4, -0.2) is 22.6 Å². The first kappa shape index (κ1) is 13.7. The Morgan fingerprint density at radius 1 is 1.48 bits per heavy atom. The lowest BCUT2D eigenvalue weighted by Crippen LogP contribution is -2.36. The number of nitrogens with zero attached hydrogens (tertiary/aromatic N) is 2. The normalized spacial score (nSPS) is 14.1. The largest absolute Gasteiger partial charge is 0.395 e.